The number of allylic oxidation sites excluding steroid dienone is 8. The lowest BCUT2D eigenvalue weighted by Crippen LogP contribution is -2.61. The molecule has 6 unspecified atom stereocenters. The maximum Gasteiger partial charge on any atom is 0.335 e. The van der Waals surface area contributed by atoms with E-state index < -0.39 is 67.3 Å². The van der Waals surface area contributed by atoms with Gasteiger partial charge in [-0.15, -0.1) is 0 Å². The van der Waals surface area contributed by atoms with Crippen molar-refractivity contribution in [3.05, 3.63) is 48.6 Å². The van der Waals surface area contributed by atoms with Gasteiger partial charge in [-0.3, -0.25) is 14.4 Å². The van der Waals surface area contributed by atoms with Crippen molar-refractivity contribution >= 4 is 23.9 Å². The van der Waals surface area contributed by atoms with E-state index in [1.165, 1.54) is 135 Å². The summed E-state index contributed by atoms with van der Waals surface area (Å²) < 4.78 is 28.6. The first-order chi connectivity index (χ1) is 39.6. The number of aliphatic carboxylic acids is 1. The maximum atomic E-state index is 13.2. The van der Waals surface area contributed by atoms with Crippen LogP contribution in [0.4, 0.5) is 0 Å². The summed E-state index contributed by atoms with van der Waals surface area (Å²) in [5.41, 5.74) is 0. The molecule has 12 heteroatoms. The van der Waals surface area contributed by atoms with Gasteiger partial charge in [0.15, 0.2) is 24.6 Å². The zero-order valence-corrected chi connectivity index (χ0v) is 52.0. The van der Waals surface area contributed by atoms with Gasteiger partial charge in [-0.05, 0) is 77.0 Å². The van der Waals surface area contributed by atoms with E-state index >= 15 is 0 Å². The van der Waals surface area contributed by atoms with Crippen LogP contribution in [0.5, 0.6) is 0 Å². The predicted octanol–water partition coefficient (Wildman–Crippen LogP) is 18.1. The molecule has 470 valence electrons. The Balaban J connectivity index is 2.63. The Morgan fingerprint density at radius 1 is 0.420 bits per heavy atom. The van der Waals surface area contributed by atoms with Crippen molar-refractivity contribution in [1.82, 2.24) is 0 Å². The summed E-state index contributed by atoms with van der Waals surface area (Å²) in [5.74, 6) is -3.11. The first-order valence-electron chi connectivity index (χ1n) is 33.6. The maximum absolute atomic E-state index is 13.2. The highest BCUT2D eigenvalue weighted by Crippen LogP contribution is 2.27. The van der Waals surface area contributed by atoms with Crippen molar-refractivity contribution in [2.75, 3.05) is 13.2 Å². The van der Waals surface area contributed by atoms with Crippen LogP contribution in [0.3, 0.4) is 0 Å². The second-order valence-electron chi connectivity index (χ2n) is 23.1. The molecule has 12 nitrogen and oxygen atoms in total. The number of aliphatic hydroxyl groups excluding tert-OH is 2. The van der Waals surface area contributed by atoms with Gasteiger partial charge in [0.2, 0.25) is 0 Å². The Hall–Kier alpha value is -3.32. The molecule has 81 heavy (non-hydrogen) atoms. The van der Waals surface area contributed by atoms with Gasteiger partial charge in [-0.25, -0.2) is 4.79 Å². The fraction of sp³-hybridized carbons (Fsp3) is 0.826. The summed E-state index contributed by atoms with van der Waals surface area (Å²) >= 11 is 0. The number of esters is 3. The third kappa shape index (κ3) is 46.7. The van der Waals surface area contributed by atoms with Crippen LogP contribution in [0.1, 0.15) is 316 Å². The highest BCUT2D eigenvalue weighted by Gasteiger charge is 2.50. The van der Waals surface area contributed by atoms with Crippen LogP contribution >= 0.6 is 0 Å². The Kier molecular flexibility index (Phi) is 53.4. The number of unbranched alkanes of at least 4 members (excludes halogenated alkanes) is 36. The number of carbonyl (C=O) groups excluding carboxylic acids is 3. The predicted molar refractivity (Wildman–Crippen MR) is 331 cm³/mol. The molecule has 0 spiro atoms. The van der Waals surface area contributed by atoms with Gasteiger partial charge in [-0.2, -0.15) is 0 Å². The van der Waals surface area contributed by atoms with Crippen LogP contribution < -0.4 is 0 Å². The van der Waals surface area contributed by atoms with Gasteiger partial charge < -0.3 is 39.0 Å². The molecule has 0 bridgehead atoms. The number of aliphatic hydroxyl groups is 2. The summed E-state index contributed by atoms with van der Waals surface area (Å²) in [4.78, 5) is 51.4. The lowest BCUT2D eigenvalue weighted by Gasteiger charge is -2.40. The molecule has 1 fully saturated rings. The van der Waals surface area contributed by atoms with Crippen molar-refractivity contribution < 1.29 is 58.2 Å². The minimum absolute atomic E-state index is 0.0502. The summed E-state index contributed by atoms with van der Waals surface area (Å²) in [6.07, 6.45) is 57.8. The normalized spacial score (nSPS) is 18.0. The first-order valence-corrected chi connectivity index (χ1v) is 33.6. The summed E-state index contributed by atoms with van der Waals surface area (Å²) in [7, 11) is 0. The molecule has 0 aliphatic carbocycles. The molecule has 1 saturated heterocycles. The van der Waals surface area contributed by atoms with E-state index in [4.69, 9.17) is 23.7 Å². The highest BCUT2D eigenvalue weighted by molar-refractivity contribution is 5.74. The van der Waals surface area contributed by atoms with Gasteiger partial charge in [0.05, 0.1) is 6.61 Å². The lowest BCUT2D eigenvalue weighted by atomic mass is 9.98. The van der Waals surface area contributed by atoms with Crippen molar-refractivity contribution in [1.29, 1.82) is 0 Å². The van der Waals surface area contributed by atoms with Crippen molar-refractivity contribution in [2.24, 2.45) is 0 Å². The van der Waals surface area contributed by atoms with Crippen molar-refractivity contribution in [3.8, 4) is 0 Å². The molecule has 3 N–H and O–H groups in total. The van der Waals surface area contributed by atoms with Crippen molar-refractivity contribution in [2.45, 2.75) is 353 Å². The molecule has 6 atom stereocenters. The zero-order chi connectivity index (χ0) is 58.9. The number of hydrogen-bond acceptors (Lipinski definition) is 11. The average Bonchev–Trinajstić information content (AvgIpc) is 3.53. The van der Waals surface area contributed by atoms with Crippen LogP contribution in [0.2, 0.25) is 0 Å². The topological polar surface area (TPSA) is 175 Å². The van der Waals surface area contributed by atoms with Crippen LogP contribution in [-0.2, 0) is 42.9 Å². The molecule has 0 aromatic carbocycles. The smallest absolute Gasteiger partial charge is 0.335 e. The van der Waals surface area contributed by atoms with E-state index in [2.05, 4.69) is 69.4 Å². The molecule has 0 aromatic rings. The van der Waals surface area contributed by atoms with Crippen molar-refractivity contribution in [3.63, 3.8) is 0 Å². The first kappa shape index (κ1) is 75.7. The van der Waals surface area contributed by atoms with E-state index in [1.807, 2.05) is 0 Å². The van der Waals surface area contributed by atoms with Gasteiger partial charge >= 0.3 is 23.9 Å². The molecular weight excluding hydrogens is 1020 g/mol. The molecule has 1 heterocycles. The lowest BCUT2D eigenvalue weighted by molar-refractivity contribution is -0.301. The molecule has 1 rings (SSSR count). The van der Waals surface area contributed by atoms with E-state index in [1.54, 1.807) is 0 Å². The van der Waals surface area contributed by atoms with Crippen LogP contribution in [-0.4, -0.2) is 89.2 Å². The minimum atomic E-state index is -1.91. The number of hydrogen-bond donors (Lipinski definition) is 3. The Labute approximate surface area is 494 Å². The number of rotatable bonds is 58. The standard InChI is InChI=1S/C69H122O12/c1-4-7-10-13-16-19-22-25-28-30-31-33-35-37-40-43-46-49-52-55-61(70)77-58-60(79-62(71)56-53-50-47-44-41-38-34-27-24-21-18-15-12-9-6-3)59-78-69-67(65(74)64(73)66(81-69)68(75)76)80-63(72)57-54-51-48-45-42-39-36-32-29-26-23-20-17-14-11-8-5-2/h8,11,17,20,26-27,29,34,60,64-67,69,73-74H,4-7,9-10,12-16,18-19,21-25,28,30-33,35-59H2,1-3H3,(H,75,76)/b11-8-,20-17-,29-26-,34-27-. The average molecular weight is 1140 g/mol. The van der Waals surface area contributed by atoms with Gasteiger partial charge in [0, 0.05) is 19.3 Å². The number of carboxylic acids is 1. The second-order valence-corrected chi connectivity index (χ2v) is 23.1. The van der Waals surface area contributed by atoms with Gasteiger partial charge in [-0.1, -0.05) is 268 Å². The van der Waals surface area contributed by atoms with Gasteiger partial charge in [0.1, 0.15) is 18.8 Å². The Bertz CT molecular complexity index is 1590. The minimum Gasteiger partial charge on any atom is -0.479 e. The fourth-order valence-corrected chi connectivity index (χ4v) is 10.3. The summed E-state index contributed by atoms with van der Waals surface area (Å²) in [6.45, 7) is 5.92. The molecular formula is C69H122O12. The van der Waals surface area contributed by atoms with Crippen LogP contribution in [0.15, 0.2) is 48.6 Å². The SMILES string of the molecule is CC/C=C\C/C=C\C/C=C\CCCCCCCCCC(=O)OC1C(OCC(COC(=O)CCCCCCCCCCCCCCCCCCCCC)OC(=O)CCCCCCC/C=C\CCCCCCCC)OC(C(=O)O)C(O)C1O. The number of carbonyl (C=O) groups is 4. The monoisotopic (exact) mass is 1140 g/mol. The Morgan fingerprint density at radius 3 is 1.20 bits per heavy atom. The number of ether oxygens (including phenoxy) is 5. The van der Waals surface area contributed by atoms with E-state index in [0.29, 0.717) is 19.3 Å². The second kappa shape index (κ2) is 57.1. The molecule has 0 aromatic heterocycles. The van der Waals surface area contributed by atoms with E-state index in [9.17, 15) is 34.5 Å². The van der Waals surface area contributed by atoms with Crippen LogP contribution in [0.25, 0.3) is 0 Å². The fourth-order valence-electron chi connectivity index (χ4n) is 10.3. The summed E-state index contributed by atoms with van der Waals surface area (Å²) in [6, 6.07) is 0. The molecule has 1 aliphatic rings. The zero-order valence-electron chi connectivity index (χ0n) is 52.0. The van der Waals surface area contributed by atoms with E-state index in [0.717, 1.165) is 122 Å². The summed E-state index contributed by atoms with van der Waals surface area (Å²) in [5, 5.41) is 31.6. The molecule has 0 radical (unpaired) electrons. The largest absolute Gasteiger partial charge is 0.479 e. The van der Waals surface area contributed by atoms with Crippen LogP contribution in [0, 0.1) is 0 Å². The third-order valence-corrected chi connectivity index (χ3v) is 15.4. The van der Waals surface area contributed by atoms with E-state index in [-0.39, 0.29) is 25.9 Å². The quantitative estimate of drug-likeness (QED) is 0.0228. The molecule has 0 amide bonds. The Morgan fingerprint density at radius 2 is 0.778 bits per heavy atom. The molecule has 0 saturated carbocycles. The highest BCUT2D eigenvalue weighted by atomic mass is 16.7. The number of carboxylic acid groups (broad SMARTS) is 1. The molecule has 1 aliphatic heterocycles. The van der Waals surface area contributed by atoms with Gasteiger partial charge in [0.25, 0.3) is 0 Å². The third-order valence-electron chi connectivity index (χ3n) is 15.4.